The number of ether oxygens (including phenoxy) is 1. The van der Waals surface area contributed by atoms with Gasteiger partial charge in [-0.3, -0.25) is 43.5 Å². The molecule has 0 aliphatic heterocycles. The lowest BCUT2D eigenvalue weighted by molar-refractivity contribution is -0.141. The fourth-order valence-electron chi connectivity index (χ4n) is 5.33. The molecule has 20 nitrogen and oxygen atoms in total. The van der Waals surface area contributed by atoms with Crippen molar-refractivity contribution in [2.75, 3.05) is 7.05 Å². The zero-order chi connectivity index (χ0) is 46.8. The van der Waals surface area contributed by atoms with Crippen molar-refractivity contribution in [2.24, 2.45) is 0 Å². The molecule has 0 unspecified atom stereocenters. The summed E-state index contributed by atoms with van der Waals surface area (Å²) in [6.45, 7) is 19.2. The third-order valence-electron chi connectivity index (χ3n) is 9.23. The summed E-state index contributed by atoms with van der Waals surface area (Å²) in [5.74, 6) is -4.85. The second-order valence-corrected chi connectivity index (χ2v) is 18.4. The molecule has 0 aromatic carbocycles. The summed E-state index contributed by atoms with van der Waals surface area (Å²) in [4.78, 5) is 115. The number of rotatable bonds is 18. The topological polar surface area (TPSA) is 299 Å². The van der Waals surface area contributed by atoms with Gasteiger partial charge in [0.1, 0.15) is 45.4 Å². The van der Waals surface area contributed by atoms with Gasteiger partial charge in [-0.05, 0) is 125 Å². The first-order chi connectivity index (χ1) is 27.8. The Kier molecular flexibility index (Phi) is 18.3. The van der Waals surface area contributed by atoms with Gasteiger partial charge in [0, 0.05) is 44.7 Å². The van der Waals surface area contributed by atoms with Crippen LogP contribution in [0.1, 0.15) is 101 Å². The van der Waals surface area contributed by atoms with Crippen LogP contribution in [-0.4, -0.2) is 115 Å². The molecule has 2 rings (SSSR count). The van der Waals surface area contributed by atoms with Gasteiger partial charge in [0.15, 0.2) is 0 Å². The van der Waals surface area contributed by atoms with Gasteiger partial charge < -0.3 is 52.7 Å². The van der Waals surface area contributed by atoms with E-state index in [-0.39, 0.29) is 18.3 Å². The fraction of sp³-hybridized carbons (Fsp3) is 0.571. The van der Waals surface area contributed by atoms with Crippen LogP contribution in [-0.2, 0) is 51.1 Å². The van der Waals surface area contributed by atoms with Crippen LogP contribution in [0.3, 0.4) is 0 Å². The predicted octanol–water partition coefficient (Wildman–Crippen LogP) is 0.0352. The molecule has 0 fully saturated rings. The number of nitrogens with zero attached hydrogens (tertiary/aromatic N) is 2. The van der Waals surface area contributed by atoms with Crippen molar-refractivity contribution in [1.29, 1.82) is 0 Å². The highest BCUT2D eigenvalue weighted by molar-refractivity contribution is 6.01. The van der Waals surface area contributed by atoms with Crippen molar-refractivity contribution in [3.63, 3.8) is 0 Å². The van der Waals surface area contributed by atoms with Crippen molar-refractivity contribution in [3.05, 3.63) is 60.2 Å². The quantitative estimate of drug-likeness (QED) is 0.0989. The van der Waals surface area contributed by atoms with E-state index in [1.54, 1.807) is 57.4 Å². The zero-order valence-corrected chi connectivity index (χ0v) is 38.3. The van der Waals surface area contributed by atoms with E-state index in [0.717, 1.165) is 5.56 Å². The Morgan fingerprint density at radius 3 is 1.11 bits per heavy atom. The van der Waals surface area contributed by atoms with Gasteiger partial charge in [-0.25, -0.2) is 4.79 Å². The van der Waals surface area contributed by atoms with Gasteiger partial charge in [-0.15, -0.1) is 0 Å². The van der Waals surface area contributed by atoms with E-state index in [1.807, 2.05) is 0 Å². The molecule has 2 aromatic rings. The number of hydrogen-bond acceptors (Lipinski definition) is 11. The molecular formula is C42H66N10O10. The number of hydrogen-bond donors (Lipinski definition) is 8. The third kappa shape index (κ3) is 16.4. The highest BCUT2D eigenvalue weighted by atomic mass is 16.6. The Hall–Kier alpha value is -6.18. The van der Waals surface area contributed by atoms with Crippen molar-refractivity contribution >= 4 is 47.4 Å². The predicted molar refractivity (Wildman–Crippen MR) is 230 cm³/mol. The first-order valence-corrected chi connectivity index (χ1v) is 19.7. The smallest absolute Gasteiger partial charge is 0.408 e. The van der Waals surface area contributed by atoms with Crippen LogP contribution in [0.15, 0.2) is 49.1 Å². The number of carbonyl (C=O) groups excluding carboxylic acids is 8. The number of amides is 8. The largest absolute Gasteiger partial charge is 0.444 e. The van der Waals surface area contributed by atoms with Crippen molar-refractivity contribution in [2.45, 2.75) is 148 Å². The lowest BCUT2D eigenvalue weighted by atomic mass is 9.94. The van der Waals surface area contributed by atoms with Crippen LogP contribution in [0, 0.1) is 0 Å². The minimum Gasteiger partial charge on any atom is -0.444 e. The average Bonchev–Trinajstić information content (AvgIpc) is 3.13. The lowest BCUT2D eigenvalue weighted by Crippen LogP contribution is -2.69. The summed E-state index contributed by atoms with van der Waals surface area (Å²) in [5, 5.41) is 20.9. The summed E-state index contributed by atoms with van der Waals surface area (Å²) in [7, 11) is 1.44. The fourth-order valence-corrected chi connectivity index (χ4v) is 5.33. The zero-order valence-electron chi connectivity index (χ0n) is 38.3. The third-order valence-corrected chi connectivity index (χ3v) is 9.23. The van der Waals surface area contributed by atoms with Crippen LogP contribution < -0.4 is 42.5 Å². The molecule has 0 bridgehead atoms. The molecule has 0 aliphatic carbocycles. The van der Waals surface area contributed by atoms with Crippen LogP contribution in [0.2, 0.25) is 0 Å². The number of likely N-dealkylation sites (N-methyl/N-ethyl adjacent to an activating group) is 1. The molecule has 2 aromatic heterocycles. The summed E-state index contributed by atoms with van der Waals surface area (Å²) < 4.78 is 5.34. The van der Waals surface area contributed by atoms with Crippen LogP contribution in [0.5, 0.6) is 0 Å². The molecular weight excluding hydrogens is 805 g/mol. The number of alkyl carbamates (subject to hydrolysis) is 1. The van der Waals surface area contributed by atoms with Crippen molar-refractivity contribution in [3.8, 4) is 0 Å². The molecule has 0 radical (unpaired) electrons. The molecule has 10 N–H and O–H groups in total. The second-order valence-electron chi connectivity index (χ2n) is 18.4. The maximum atomic E-state index is 13.6. The number of carbonyl (C=O) groups is 8. The van der Waals surface area contributed by atoms with Gasteiger partial charge in [-0.2, -0.15) is 0 Å². The summed E-state index contributed by atoms with van der Waals surface area (Å²) in [6.07, 6.45) is 5.58. The van der Waals surface area contributed by atoms with Crippen LogP contribution in [0.25, 0.3) is 0 Å². The molecule has 0 saturated carbocycles. The number of pyridine rings is 2. The molecule has 0 aliphatic rings. The van der Waals surface area contributed by atoms with E-state index in [1.165, 1.54) is 88.7 Å². The number of aromatic nitrogens is 2. The minimum atomic E-state index is -1.64. The Labute approximate surface area is 363 Å². The normalized spacial score (nSPS) is 13.1. The van der Waals surface area contributed by atoms with Gasteiger partial charge in [0.05, 0.1) is 0 Å². The molecule has 2 atom stereocenters. The Balaban J connectivity index is 0.0000192. The second kappa shape index (κ2) is 21.1. The highest BCUT2D eigenvalue weighted by Crippen LogP contribution is 2.16. The van der Waals surface area contributed by atoms with E-state index in [9.17, 15) is 38.4 Å². The molecule has 0 saturated heterocycles. The molecule has 0 spiro atoms. The van der Waals surface area contributed by atoms with Crippen molar-refractivity contribution < 1.29 is 48.6 Å². The van der Waals surface area contributed by atoms with Gasteiger partial charge in [-0.1, -0.05) is 0 Å². The van der Waals surface area contributed by atoms with E-state index in [4.69, 9.17) is 4.74 Å². The molecule has 344 valence electrons. The van der Waals surface area contributed by atoms with Crippen molar-refractivity contribution in [1.82, 2.24) is 52.5 Å². The Bertz CT molecular complexity index is 1930. The maximum absolute atomic E-state index is 13.6. The summed E-state index contributed by atoms with van der Waals surface area (Å²) in [5.41, 5.74) is -7.47. The van der Waals surface area contributed by atoms with E-state index in [0.29, 0.717) is 5.56 Å². The monoisotopic (exact) mass is 870 g/mol. The standard InChI is InChI=1S/C42H64N10O9.H2O/c1-37(2,3)61-36(60)47-28(24-26-17-21-45-22-18-26)30(54)48-39(6,7)32(56)50-41(10,11)34(58)52-42(12,13)35(59)51-40(8,9)33(57)49-38(4,5)31(55)46-27(29(53)43-14)23-25-15-19-44-20-16-25;/h15-22,27-28H,23-24H2,1-14H3,(H,43,53)(H,46,55)(H,47,60)(H,48,54)(H,49,57)(H,50,56)(H,51,59)(H,52,58);1H2/t27-,28-;/m0./s1. The number of nitrogens with one attached hydrogen (secondary N) is 8. The first-order valence-electron chi connectivity index (χ1n) is 19.7. The summed E-state index contributed by atoms with van der Waals surface area (Å²) in [6, 6.07) is 4.65. The van der Waals surface area contributed by atoms with Crippen LogP contribution in [0.4, 0.5) is 4.79 Å². The minimum absolute atomic E-state index is 0. The molecule has 8 amide bonds. The Morgan fingerprint density at radius 1 is 0.484 bits per heavy atom. The van der Waals surface area contributed by atoms with E-state index < -0.39 is 92.8 Å². The molecule has 20 heteroatoms. The summed E-state index contributed by atoms with van der Waals surface area (Å²) >= 11 is 0. The van der Waals surface area contributed by atoms with Gasteiger partial charge in [0.25, 0.3) is 0 Å². The molecule has 2 heterocycles. The lowest BCUT2D eigenvalue weighted by Gasteiger charge is -2.37. The van der Waals surface area contributed by atoms with Gasteiger partial charge >= 0.3 is 6.09 Å². The van der Waals surface area contributed by atoms with Crippen LogP contribution >= 0.6 is 0 Å². The Morgan fingerprint density at radius 2 is 0.790 bits per heavy atom. The van der Waals surface area contributed by atoms with Gasteiger partial charge in [0.2, 0.25) is 41.4 Å². The average molecular weight is 871 g/mol. The maximum Gasteiger partial charge on any atom is 0.408 e. The van der Waals surface area contributed by atoms with E-state index in [2.05, 4.69) is 52.5 Å². The first kappa shape index (κ1) is 53.8. The highest BCUT2D eigenvalue weighted by Gasteiger charge is 2.44. The van der Waals surface area contributed by atoms with E-state index >= 15 is 0 Å². The SMILES string of the molecule is CNC(=O)[C@H](Cc1ccncc1)NC(=O)C(C)(C)NC(=O)C(C)(C)NC(=O)C(C)(C)NC(=O)C(C)(C)NC(=O)C(C)(C)NC(=O)[C@H](Cc1ccncc1)NC(=O)OC(C)(C)C.O. The molecule has 62 heavy (non-hydrogen) atoms.